The van der Waals surface area contributed by atoms with Gasteiger partial charge < -0.3 is 9.64 Å². The molecule has 94 valence electrons. The molecule has 0 radical (unpaired) electrons. The SMILES string of the molecule is COc1ccc(CC(=O)N(C)CC(C)Cl)cc1. The van der Waals surface area contributed by atoms with Gasteiger partial charge in [0.05, 0.1) is 13.5 Å². The molecule has 1 atom stereocenters. The number of carbonyl (C=O) groups excluding carboxylic acids is 1. The van der Waals surface area contributed by atoms with Crippen LogP contribution in [-0.2, 0) is 11.2 Å². The molecule has 1 aromatic rings. The molecule has 1 aromatic carbocycles. The van der Waals surface area contributed by atoms with Gasteiger partial charge in [-0.05, 0) is 24.6 Å². The second-order valence-electron chi connectivity index (χ2n) is 4.08. The third kappa shape index (κ3) is 4.65. The van der Waals surface area contributed by atoms with Crippen molar-refractivity contribution in [1.82, 2.24) is 4.90 Å². The molecule has 1 rings (SSSR count). The van der Waals surface area contributed by atoms with Crippen molar-refractivity contribution in [3.63, 3.8) is 0 Å². The average Bonchev–Trinajstić information content (AvgIpc) is 2.29. The third-order valence-corrected chi connectivity index (χ3v) is 2.60. The van der Waals surface area contributed by atoms with Crippen LogP contribution < -0.4 is 4.74 Å². The first-order valence-electron chi connectivity index (χ1n) is 5.54. The van der Waals surface area contributed by atoms with E-state index in [4.69, 9.17) is 16.3 Å². The van der Waals surface area contributed by atoms with Gasteiger partial charge in [0, 0.05) is 19.0 Å². The maximum atomic E-state index is 11.8. The summed E-state index contributed by atoms with van der Waals surface area (Å²) >= 11 is 5.85. The topological polar surface area (TPSA) is 29.5 Å². The highest BCUT2D eigenvalue weighted by Crippen LogP contribution is 2.12. The molecule has 0 fully saturated rings. The van der Waals surface area contributed by atoms with Crippen LogP contribution in [0.25, 0.3) is 0 Å². The number of ether oxygens (including phenoxy) is 1. The fourth-order valence-electron chi connectivity index (χ4n) is 1.53. The van der Waals surface area contributed by atoms with Crippen LogP contribution in [0.5, 0.6) is 5.75 Å². The Kier molecular flexibility index (Phi) is 5.29. The normalized spacial score (nSPS) is 12.0. The lowest BCUT2D eigenvalue weighted by Crippen LogP contribution is -2.32. The van der Waals surface area contributed by atoms with Crippen molar-refractivity contribution >= 4 is 17.5 Å². The zero-order valence-electron chi connectivity index (χ0n) is 10.4. The number of alkyl halides is 1. The first-order chi connectivity index (χ1) is 8.02. The number of carbonyl (C=O) groups is 1. The minimum absolute atomic E-state index is 0.0279. The number of benzene rings is 1. The van der Waals surface area contributed by atoms with Crippen LogP contribution in [0.2, 0.25) is 0 Å². The second kappa shape index (κ2) is 6.50. The van der Waals surface area contributed by atoms with Gasteiger partial charge in [-0.1, -0.05) is 12.1 Å². The number of hydrogen-bond acceptors (Lipinski definition) is 2. The Balaban J connectivity index is 2.55. The Morgan fingerprint density at radius 3 is 2.47 bits per heavy atom. The number of hydrogen-bond donors (Lipinski definition) is 0. The molecule has 17 heavy (non-hydrogen) atoms. The molecule has 0 saturated carbocycles. The molecule has 0 bridgehead atoms. The Labute approximate surface area is 107 Å². The first kappa shape index (κ1) is 13.8. The number of nitrogens with zero attached hydrogens (tertiary/aromatic N) is 1. The number of rotatable bonds is 5. The Bertz CT molecular complexity index is 362. The Hall–Kier alpha value is -1.22. The Morgan fingerprint density at radius 1 is 1.41 bits per heavy atom. The molecule has 0 aromatic heterocycles. The summed E-state index contributed by atoms with van der Waals surface area (Å²) in [6.07, 6.45) is 0.393. The lowest BCUT2D eigenvalue weighted by atomic mass is 10.1. The van der Waals surface area contributed by atoms with Gasteiger partial charge in [-0.2, -0.15) is 0 Å². The van der Waals surface area contributed by atoms with Crippen LogP contribution in [0, 0.1) is 0 Å². The monoisotopic (exact) mass is 255 g/mol. The summed E-state index contributed by atoms with van der Waals surface area (Å²) in [5.74, 6) is 0.867. The largest absolute Gasteiger partial charge is 0.497 e. The van der Waals surface area contributed by atoms with E-state index < -0.39 is 0 Å². The molecule has 0 heterocycles. The molecule has 4 heteroatoms. The number of likely N-dealkylation sites (N-methyl/N-ethyl adjacent to an activating group) is 1. The average molecular weight is 256 g/mol. The van der Waals surface area contributed by atoms with E-state index in [9.17, 15) is 4.79 Å². The van der Waals surface area contributed by atoms with Crippen LogP contribution in [0.3, 0.4) is 0 Å². The molecule has 0 N–H and O–H groups in total. The fourth-order valence-corrected chi connectivity index (χ4v) is 1.74. The summed E-state index contributed by atoms with van der Waals surface area (Å²) < 4.78 is 5.06. The third-order valence-electron chi connectivity index (χ3n) is 2.47. The minimum atomic E-state index is -0.0279. The molecule has 1 unspecified atom stereocenters. The van der Waals surface area contributed by atoms with Crippen LogP contribution in [0.1, 0.15) is 12.5 Å². The van der Waals surface area contributed by atoms with Gasteiger partial charge in [0.2, 0.25) is 5.91 Å². The van der Waals surface area contributed by atoms with Crippen molar-refractivity contribution in [1.29, 1.82) is 0 Å². The number of halogens is 1. The summed E-state index contributed by atoms with van der Waals surface area (Å²) in [4.78, 5) is 13.5. The lowest BCUT2D eigenvalue weighted by Gasteiger charge is -2.18. The highest BCUT2D eigenvalue weighted by Gasteiger charge is 2.11. The summed E-state index contributed by atoms with van der Waals surface area (Å²) in [6.45, 7) is 2.44. The van der Waals surface area contributed by atoms with Gasteiger partial charge in [-0.3, -0.25) is 4.79 Å². The predicted molar refractivity (Wildman–Crippen MR) is 69.7 cm³/mol. The summed E-state index contributed by atoms with van der Waals surface area (Å²) in [5, 5.41) is -0.0279. The van der Waals surface area contributed by atoms with E-state index in [0.29, 0.717) is 13.0 Å². The van der Waals surface area contributed by atoms with Gasteiger partial charge >= 0.3 is 0 Å². The molecule has 0 aliphatic heterocycles. The predicted octanol–water partition coefficient (Wildman–Crippen LogP) is 2.32. The van der Waals surface area contributed by atoms with Crippen LogP contribution in [0.15, 0.2) is 24.3 Å². The Morgan fingerprint density at radius 2 is 2.00 bits per heavy atom. The quantitative estimate of drug-likeness (QED) is 0.756. The van der Waals surface area contributed by atoms with Gasteiger partial charge in [-0.15, -0.1) is 11.6 Å². The lowest BCUT2D eigenvalue weighted by molar-refractivity contribution is -0.129. The van der Waals surface area contributed by atoms with E-state index in [-0.39, 0.29) is 11.3 Å². The van der Waals surface area contributed by atoms with Crippen LogP contribution in [0.4, 0.5) is 0 Å². The van der Waals surface area contributed by atoms with Crippen LogP contribution in [-0.4, -0.2) is 36.9 Å². The van der Waals surface area contributed by atoms with Gasteiger partial charge in [0.25, 0.3) is 0 Å². The number of amides is 1. The maximum Gasteiger partial charge on any atom is 0.226 e. The van der Waals surface area contributed by atoms with Crippen molar-refractivity contribution in [2.75, 3.05) is 20.7 Å². The van der Waals surface area contributed by atoms with Gasteiger partial charge in [0.1, 0.15) is 5.75 Å². The fraction of sp³-hybridized carbons (Fsp3) is 0.462. The van der Waals surface area contributed by atoms with Crippen molar-refractivity contribution in [2.45, 2.75) is 18.7 Å². The van der Waals surface area contributed by atoms with E-state index in [1.807, 2.05) is 31.2 Å². The number of methoxy groups -OCH3 is 1. The second-order valence-corrected chi connectivity index (χ2v) is 4.82. The van der Waals surface area contributed by atoms with Crippen LogP contribution >= 0.6 is 11.6 Å². The summed E-state index contributed by atoms with van der Waals surface area (Å²) in [6, 6.07) is 7.50. The first-order valence-corrected chi connectivity index (χ1v) is 5.97. The van der Waals surface area contributed by atoms with E-state index >= 15 is 0 Å². The molecule has 1 amide bonds. The van der Waals surface area contributed by atoms with Crippen molar-refractivity contribution < 1.29 is 9.53 Å². The van der Waals surface area contributed by atoms with Crippen molar-refractivity contribution in [2.24, 2.45) is 0 Å². The van der Waals surface area contributed by atoms with Gasteiger partial charge in [0.15, 0.2) is 0 Å². The van der Waals surface area contributed by atoms with E-state index in [1.54, 1.807) is 19.1 Å². The highest BCUT2D eigenvalue weighted by atomic mass is 35.5. The smallest absolute Gasteiger partial charge is 0.226 e. The maximum absolute atomic E-state index is 11.8. The standard InChI is InChI=1S/C13H18ClNO2/c1-10(14)9-15(2)13(16)8-11-4-6-12(17-3)7-5-11/h4-7,10H,8-9H2,1-3H3. The van der Waals surface area contributed by atoms with Crippen molar-refractivity contribution in [3.05, 3.63) is 29.8 Å². The summed E-state index contributed by atoms with van der Waals surface area (Å²) in [7, 11) is 3.39. The molecule has 0 aliphatic carbocycles. The van der Waals surface area contributed by atoms with Gasteiger partial charge in [-0.25, -0.2) is 0 Å². The molecule has 3 nitrogen and oxygen atoms in total. The molecule has 0 aliphatic rings. The zero-order chi connectivity index (χ0) is 12.8. The minimum Gasteiger partial charge on any atom is -0.497 e. The molecule has 0 saturated heterocycles. The van der Waals surface area contributed by atoms with E-state index in [0.717, 1.165) is 11.3 Å². The van der Waals surface area contributed by atoms with E-state index in [2.05, 4.69) is 0 Å². The summed E-state index contributed by atoms with van der Waals surface area (Å²) in [5.41, 5.74) is 0.977. The highest BCUT2D eigenvalue weighted by molar-refractivity contribution is 6.20. The molecule has 0 spiro atoms. The zero-order valence-corrected chi connectivity index (χ0v) is 11.2. The molecular weight excluding hydrogens is 238 g/mol. The van der Waals surface area contributed by atoms with E-state index in [1.165, 1.54) is 0 Å². The van der Waals surface area contributed by atoms with Crippen molar-refractivity contribution in [3.8, 4) is 5.75 Å². The molecular formula is C13H18ClNO2.